The minimum Gasteiger partial charge on any atom is -0.465 e. The first-order chi connectivity index (χ1) is 17.6. The van der Waals surface area contributed by atoms with E-state index in [2.05, 4.69) is 35.0 Å². The molecular weight excluding hydrogens is 466 g/mol. The van der Waals surface area contributed by atoms with Crippen molar-refractivity contribution in [2.24, 2.45) is 5.92 Å². The first-order valence-electron chi connectivity index (χ1n) is 13.1. The maximum atomic E-state index is 13.4. The van der Waals surface area contributed by atoms with Crippen molar-refractivity contribution < 1.29 is 19.1 Å². The third-order valence-electron chi connectivity index (χ3n) is 7.08. The van der Waals surface area contributed by atoms with Gasteiger partial charge < -0.3 is 14.4 Å². The average Bonchev–Trinajstić information content (AvgIpc) is 3.65. The quantitative estimate of drug-likeness (QED) is 0.459. The fourth-order valence-electron chi connectivity index (χ4n) is 5.11. The van der Waals surface area contributed by atoms with Crippen molar-refractivity contribution in [3.05, 3.63) is 71.1 Å². The summed E-state index contributed by atoms with van der Waals surface area (Å²) in [5.41, 5.74) is 3.34. The van der Waals surface area contributed by atoms with Crippen LogP contribution in [0.25, 0.3) is 6.08 Å². The molecule has 2 fully saturated rings. The van der Waals surface area contributed by atoms with Crippen molar-refractivity contribution in [2.75, 3.05) is 20.2 Å². The van der Waals surface area contributed by atoms with E-state index >= 15 is 0 Å². The highest BCUT2D eigenvalue weighted by atomic mass is 16.6. The lowest BCUT2D eigenvalue weighted by Crippen LogP contribution is -2.50. The van der Waals surface area contributed by atoms with Crippen LogP contribution in [0.15, 0.2) is 54.2 Å². The summed E-state index contributed by atoms with van der Waals surface area (Å²) in [5.74, 6) is -0.0161. The summed E-state index contributed by atoms with van der Waals surface area (Å²) in [4.78, 5) is 33.9. The van der Waals surface area contributed by atoms with Crippen LogP contribution in [0.3, 0.4) is 0 Å². The van der Waals surface area contributed by atoms with Crippen LogP contribution in [0.4, 0.5) is 4.79 Å². The lowest BCUT2D eigenvalue weighted by atomic mass is 10.0. The fourth-order valence-corrected chi connectivity index (χ4v) is 5.11. The third-order valence-corrected chi connectivity index (χ3v) is 7.08. The number of rotatable bonds is 7. The lowest BCUT2D eigenvalue weighted by molar-refractivity contribution is 0.00437. The molecule has 2 aromatic rings. The molecule has 0 bridgehead atoms. The van der Waals surface area contributed by atoms with Gasteiger partial charge in [0.2, 0.25) is 0 Å². The van der Waals surface area contributed by atoms with E-state index in [1.807, 2.05) is 49.9 Å². The van der Waals surface area contributed by atoms with Crippen LogP contribution >= 0.6 is 0 Å². The number of hydrogen-bond acceptors (Lipinski definition) is 6. The number of likely N-dealkylation sites (tertiary alicyclic amines) is 1. The summed E-state index contributed by atoms with van der Waals surface area (Å²) in [6.45, 7) is 10.4. The van der Waals surface area contributed by atoms with Crippen LogP contribution < -0.4 is 0 Å². The van der Waals surface area contributed by atoms with Crippen LogP contribution in [0.5, 0.6) is 0 Å². The third kappa shape index (κ3) is 7.19. The second-order valence-electron chi connectivity index (χ2n) is 11.1. The van der Waals surface area contributed by atoms with Gasteiger partial charge in [-0.2, -0.15) is 0 Å². The first kappa shape index (κ1) is 26.9. The van der Waals surface area contributed by atoms with Crippen LogP contribution in [-0.4, -0.2) is 64.7 Å². The molecule has 37 heavy (non-hydrogen) atoms. The highest BCUT2D eigenvalue weighted by Crippen LogP contribution is 2.44. The molecule has 2 heterocycles. The zero-order valence-electron chi connectivity index (χ0n) is 22.6. The second-order valence-corrected chi connectivity index (χ2v) is 11.1. The molecule has 0 N–H and O–H groups in total. The van der Waals surface area contributed by atoms with Crippen molar-refractivity contribution in [2.45, 2.75) is 71.2 Å². The molecule has 7 nitrogen and oxygen atoms in total. The molecule has 0 spiro atoms. The molecule has 7 heteroatoms. The Morgan fingerprint density at radius 3 is 2.41 bits per heavy atom. The van der Waals surface area contributed by atoms with E-state index in [1.54, 1.807) is 12.3 Å². The Balaban J connectivity index is 1.40. The molecule has 2 aliphatic rings. The van der Waals surface area contributed by atoms with Crippen molar-refractivity contribution in [3.8, 4) is 0 Å². The maximum Gasteiger partial charge on any atom is 0.410 e. The number of hydrogen-bond donors (Lipinski definition) is 0. The number of aromatic nitrogens is 1. The molecular formula is C30H39N3O4. The predicted molar refractivity (Wildman–Crippen MR) is 144 cm³/mol. The van der Waals surface area contributed by atoms with E-state index in [-0.39, 0.29) is 24.1 Å². The number of methoxy groups -OCH3 is 1. The summed E-state index contributed by atoms with van der Waals surface area (Å²) in [5, 5.41) is 0. The first-order valence-corrected chi connectivity index (χ1v) is 13.1. The Kier molecular flexibility index (Phi) is 8.32. The van der Waals surface area contributed by atoms with Gasteiger partial charge in [0, 0.05) is 43.8 Å². The largest absolute Gasteiger partial charge is 0.465 e. The number of nitrogens with zero attached hydrogens (tertiary/aromatic N) is 3. The van der Waals surface area contributed by atoms with Gasteiger partial charge >= 0.3 is 12.1 Å². The maximum absolute atomic E-state index is 13.4. The Labute approximate surface area is 220 Å². The van der Waals surface area contributed by atoms with Gasteiger partial charge in [-0.25, -0.2) is 9.59 Å². The van der Waals surface area contributed by atoms with Crippen molar-refractivity contribution >= 4 is 18.1 Å². The van der Waals surface area contributed by atoms with Crippen molar-refractivity contribution in [1.82, 2.24) is 14.8 Å². The summed E-state index contributed by atoms with van der Waals surface area (Å²) >= 11 is 0. The zero-order valence-corrected chi connectivity index (χ0v) is 22.6. The van der Waals surface area contributed by atoms with E-state index < -0.39 is 5.60 Å². The Morgan fingerprint density at radius 1 is 1.11 bits per heavy atom. The second kappa shape index (κ2) is 11.5. The van der Waals surface area contributed by atoms with Gasteiger partial charge in [-0.05, 0) is 64.7 Å². The van der Waals surface area contributed by atoms with Gasteiger partial charge in [0.05, 0.1) is 18.4 Å². The Bertz CT molecular complexity index is 1100. The number of piperidine rings is 1. The summed E-state index contributed by atoms with van der Waals surface area (Å²) in [7, 11) is 1.37. The zero-order chi connectivity index (χ0) is 26.6. The molecule has 1 saturated heterocycles. The number of esters is 1. The SMILES string of the molecule is COC(=O)c1ccc(CN2CCC(N(C(=O)OC(C)(C)C)[C@@H]3C[C@H]3C(C)=Cc3ccccc3)CC2)nc1. The highest BCUT2D eigenvalue weighted by molar-refractivity contribution is 5.88. The van der Waals surface area contributed by atoms with E-state index in [4.69, 9.17) is 9.47 Å². The smallest absolute Gasteiger partial charge is 0.410 e. The van der Waals surface area contributed by atoms with Crippen LogP contribution in [0.1, 0.15) is 68.6 Å². The number of ether oxygens (including phenoxy) is 2. The summed E-state index contributed by atoms with van der Waals surface area (Å²) in [6, 6.07) is 14.3. The normalized spacial score (nSPS) is 20.8. The minimum atomic E-state index is -0.530. The Morgan fingerprint density at radius 2 is 1.81 bits per heavy atom. The molecule has 1 aromatic carbocycles. The molecule has 1 saturated carbocycles. The average molecular weight is 506 g/mol. The molecule has 0 radical (unpaired) electrons. The Hall–Kier alpha value is -3.19. The van der Waals surface area contributed by atoms with E-state index in [1.165, 1.54) is 18.2 Å². The topological polar surface area (TPSA) is 72.0 Å². The van der Waals surface area contributed by atoms with E-state index in [9.17, 15) is 9.59 Å². The van der Waals surface area contributed by atoms with Crippen molar-refractivity contribution in [3.63, 3.8) is 0 Å². The van der Waals surface area contributed by atoms with Gasteiger partial charge in [-0.1, -0.05) is 42.0 Å². The number of amides is 1. The van der Waals surface area contributed by atoms with Gasteiger partial charge in [-0.3, -0.25) is 9.88 Å². The molecule has 4 rings (SSSR count). The molecule has 1 amide bonds. The molecule has 1 aromatic heterocycles. The van der Waals surface area contributed by atoms with Gasteiger partial charge in [-0.15, -0.1) is 0 Å². The molecule has 2 atom stereocenters. The predicted octanol–water partition coefficient (Wildman–Crippen LogP) is 5.56. The minimum absolute atomic E-state index is 0.153. The van der Waals surface area contributed by atoms with Crippen LogP contribution in [0.2, 0.25) is 0 Å². The monoisotopic (exact) mass is 505 g/mol. The molecule has 1 aliphatic heterocycles. The van der Waals surface area contributed by atoms with Gasteiger partial charge in [0.1, 0.15) is 5.60 Å². The van der Waals surface area contributed by atoms with Crippen molar-refractivity contribution in [1.29, 1.82) is 0 Å². The van der Waals surface area contributed by atoms with Crippen LogP contribution in [-0.2, 0) is 16.0 Å². The standard InChI is InChI=1S/C30H39N3O4/c1-21(17-22-9-7-6-8-10-22)26-18-27(26)33(29(35)37-30(2,3)4)25-13-15-32(16-14-25)20-24-12-11-23(19-31-24)28(34)36-5/h6-12,17,19,25-27H,13-16,18,20H2,1-5H3/t26-,27+/m0/s1. The summed E-state index contributed by atoms with van der Waals surface area (Å²) in [6.07, 6.45) is 6.36. The molecule has 1 aliphatic carbocycles. The fraction of sp³-hybridized carbons (Fsp3) is 0.500. The van der Waals surface area contributed by atoms with Gasteiger partial charge in [0.25, 0.3) is 0 Å². The molecule has 198 valence electrons. The number of pyridine rings is 1. The number of carbonyl (C=O) groups excluding carboxylic acids is 2. The van der Waals surface area contributed by atoms with Gasteiger partial charge in [0.15, 0.2) is 0 Å². The molecule has 0 unspecified atom stereocenters. The highest BCUT2D eigenvalue weighted by Gasteiger charge is 2.48. The summed E-state index contributed by atoms with van der Waals surface area (Å²) < 4.78 is 10.6. The lowest BCUT2D eigenvalue weighted by Gasteiger charge is -2.39. The van der Waals surface area contributed by atoms with E-state index in [0.717, 1.165) is 38.0 Å². The van der Waals surface area contributed by atoms with E-state index in [0.29, 0.717) is 18.0 Å². The number of carbonyl (C=O) groups is 2. The number of benzene rings is 1. The van der Waals surface area contributed by atoms with Crippen LogP contribution in [0, 0.1) is 5.92 Å².